The highest BCUT2D eigenvalue weighted by Gasteiger charge is 2.42. The van der Waals surface area contributed by atoms with Gasteiger partial charge in [0, 0.05) is 76.2 Å². The van der Waals surface area contributed by atoms with Gasteiger partial charge in [0.25, 0.3) is 31.9 Å². The topological polar surface area (TPSA) is 254 Å². The first-order chi connectivity index (χ1) is 39.5. The molecule has 21 nitrogen and oxygen atoms in total. The summed E-state index contributed by atoms with van der Waals surface area (Å²) in [6, 6.07) is 9.10. The van der Waals surface area contributed by atoms with Gasteiger partial charge in [0.2, 0.25) is 11.8 Å². The number of amides is 2. The molecule has 0 bridgehead atoms. The fourth-order valence-electron chi connectivity index (χ4n) is 8.01. The second-order valence-corrected chi connectivity index (χ2v) is 25.9. The van der Waals surface area contributed by atoms with Crippen molar-refractivity contribution in [2.24, 2.45) is 42.2 Å². The number of hydrogen-bond acceptors (Lipinski definition) is 15. The molecule has 2 aliphatic rings. The Morgan fingerprint density at radius 3 is 1.55 bits per heavy atom. The van der Waals surface area contributed by atoms with Crippen LogP contribution in [0.25, 0.3) is 11.6 Å². The molecule has 0 radical (unpaired) electrons. The Kier molecular flexibility index (Phi) is 18.1. The summed E-state index contributed by atoms with van der Waals surface area (Å²) >= 11 is 6.16. The van der Waals surface area contributed by atoms with Crippen LogP contribution in [0.15, 0.2) is 71.0 Å². The van der Waals surface area contributed by atoms with Crippen LogP contribution in [0.5, 0.6) is 11.8 Å². The Balaban J connectivity index is 0.000000393. The van der Waals surface area contributed by atoms with Gasteiger partial charge in [-0.3, -0.25) is 19.0 Å². The molecule has 1 aliphatic heterocycles. The molecule has 8 rings (SSSR count). The first kappa shape index (κ1) is 54.1. The summed E-state index contributed by atoms with van der Waals surface area (Å²) in [7, 11) is -5.30. The van der Waals surface area contributed by atoms with Gasteiger partial charge in [-0.1, -0.05) is 80.7 Å². The van der Waals surface area contributed by atoms with E-state index in [1.54, 1.807) is 66.3 Å². The van der Waals surface area contributed by atoms with Gasteiger partial charge in [0.05, 0.1) is 41.4 Å². The third-order valence-corrected chi connectivity index (χ3v) is 14.8. The molecule has 1 aliphatic carbocycles. The van der Waals surface area contributed by atoms with Crippen molar-refractivity contribution >= 4 is 82.9 Å². The zero-order valence-electron chi connectivity index (χ0n) is 57.2. The number of nitrogens with one attached hydrogen (secondary N) is 3. The molecule has 2 amide bonds. The summed E-state index contributed by atoms with van der Waals surface area (Å²) in [4.78, 5) is 34.7. The molecule has 80 heavy (non-hydrogen) atoms. The largest absolute Gasteiger partial charge is 0.476 e. The quantitative estimate of drug-likeness (QED) is 0.0913. The number of carbonyl (C=O) groups excluding carboxylic acids is 2. The summed E-state index contributed by atoms with van der Waals surface area (Å²) in [5, 5.41) is 19.5. The molecule has 0 aromatic carbocycles. The normalized spacial score (nSPS) is 20.9. The van der Waals surface area contributed by atoms with Crippen molar-refractivity contribution in [1.82, 2.24) is 63.9 Å². The zero-order chi connectivity index (χ0) is 65.8. The molecule has 0 spiro atoms. The van der Waals surface area contributed by atoms with E-state index in [1.807, 2.05) is 46.3 Å². The van der Waals surface area contributed by atoms with Gasteiger partial charge in [-0.05, 0) is 106 Å². The van der Waals surface area contributed by atoms with Crippen LogP contribution in [-0.4, -0.2) is 103 Å². The van der Waals surface area contributed by atoms with E-state index < -0.39 is 87.0 Å². The standard InChI is InChI=1S/C27H38N6O4S.C19H23ClN6O4S.C7H15N.ClH.2H2S/c1-17-13-20(27(6,7)14-17)24-19(25(34)31-38(35,36)21-15-32(8)29-18(21)2)9-10-22(28-24)33-12-11-23(30-33)37-16-26(3,4)5;1-12-14(10-25(5)22-12)31(28,29)24-18(27)13-6-7-15(21-17(13)20)26-9-8-16(23-26)30-11-19(2,3)4;1-6-4-7(2,3)8-5-6;;;/h9-12,15,17,20H,13-14,16H2,1-8H3,(H,31,34);6-10H,11H2,1-5H3,(H,24,27);6,8H,4-5H2,1-3H3;1H;2*1H2/t17-,20?;;6-;;;/m1.0.../s1/i1D3,14D2;;1D3,4D2;;;. The lowest BCUT2D eigenvalue weighted by molar-refractivity contribution is 0.0970. The molecule has 27 heteroatoms. The van der Waals surface area contributed by atoms with Gasteiger partial charge in [-0.25, -0.2) is 45.6 Å². The van der Waals surface area contributed by atoms with E-state index in [2.05, 4.69) is 35.4 Å². The SMILES string of the molecule is Cc1nn(C)cc1S(=O)(=O)NC(=O)c1ccc(-n2ccc(OCC(C)(C)C)n2)nc1Cl.Cl.S.S.[2H]C([2H])([2H])[C@@H]1CC(c2nc(-n3ccc(OCC(C)(C)C)n3)ccc2C(=O)NS(=O)(=O)c2cn(C)nc2C)C(C)(C)C1([2H])[2H].[2H]C([2H])([2H])[C@@H]1CNC(C)(C)C1([2H])[2H]. The van der Waals surface area contributed by atoms with Crippen molar-refractivity contribution in [2.75, 3.05) is 19.8 Å². The van der Waals surface area contributed by atoms with Crippen molar-refractivity contribution in [3.05, 3.63) is 94.5 Å². The highest BCUT2D eigenvalue weighted by molar-refractivity contribution is 7.90. The number of aromatic nitrogens is 10. The maximum Gasteiger partial charge on any atom is 0.268 e. The monoisotopic (exact) mass is 1240 g/mol. The molecule has 444 valence electrons. The highest BCUT2D eigenvalue weighted by Crippen LogP contribution is 2.52. The Hall–Kier alpha value is -5.18. The van der Waals surface area contributed by atoms with Crippen LogP contribution in [0.1, 0.15) is 160 Å². The molecule has 1 saturated heterocycles. The molecule has 7 heterocycles. The van der Waals surface area contributed by atoms with Crippen LogP contribution in [-0.2, 0) is 34.1 Å². The number of halogens is 2. The Morgan fingerprint density at radius 2 is 1.18 bits per heavy atom. The van der Waals surface area contributed by atoms with Crippen molar-refractivity contribution in [2.45, 2.75) is 137 Å². The minimum absolute atomic E-state index is 0. The second kappa shape index (κ2) is 26.8. The first-order valence-electron chi connectivity index (χ1n) is 29.4. The number of ether oxygens (including phenoxy) is 2. The Morgan fingerprint density at radius 1 is 0.725 bits per heavy atom. The summed E-state index contributed by atoms with van der Waals surface area (Å²) in [6.45, 7) is 18.1. The zero-order valence-corrected chi connectivity index (χ0v) is 52.4. The van der Waals surface area contributed by atoms with E-state index in [-0.39, 0.29) is 112 Å². The lowest BCUT2D eigenvalue weighted by atomic mass is 9.78. The summed E-state index contributed by atoms with van der Waals surface area (Å²) in [5.74, 6) is -3.62. The van der Waals surface area contributed by atoms with Crippen LogP contribution in [0.2, 0.25) is 5.15 Å². The predicted molar refractivity (Wildman–Crippen MR) is 322 cm³/mol. The molecular formula is C53H81Cl2N13O8S4. The maximum absolute atomic E-state index is 13.6. The van der Waals surface area contributed by atoms with E-state index in [4.69, 9.17) is 39.8 Å². The van der Waals surface area contributed by atoms with Crippen LogP contribution in [0.4, 0.5) is 0 Å². The highest BCUT2D eigenvalue weighted by atomic mass is 35.5. The number of carbonyl (C=O) groups is 2. The minimum Gasteiger partial charge on any atom is -0.476 e. The first-order valence-corrected chi connectivity index (χ1v) is 27.8. The number of pyridine rings is 2. The van der Waals surface area contributed by atoms with Crippen molar-refractivity contribution < 1.29 is 49.6 Å². The van der Waals surface area contributed by atoms with Crippen LogP contribution >= 0.6 is 51.0 Å². The van der Waals surface area contributed by atoms with Crippen molar-refractivity contribution in [1.29, 1.82) is 0 Å². The average Bonchev–Trinajstić information content (AvgIpc) is 1.65. The van der Waals surface area contributed by atoms with Crippen LogP contribution in [0.3, 0.4) is 0 Å². The fourth-order valence-corrected chi connectivity index (χ4v) is 10.6. The van der Waals surface area contributed by atoms with Crippen molar-refractivity contribution in [3.8, 4) is 23.4 Å². The van der Waals surface area contributed by atoms with Gasteiger partial charge in [-0.15, -0.1) is 22.6 Å². The van der Waals surface area contributed by atoms with Gasteiger partial charge in [-0.2, -0.15) is 37.2 Å². The number of sulfonamides is 2. The predicted octanol–water partition coefficient (Wildman–Crippen LogP) is 8.94. The smallest absolute Gasteiger partial charge is 0.268 e. The third-order valence-electron chi connectivity index (χ3n) is 11.6. The van der Waals surface area contributed by atoms with E-state index >= 15 is 0 Å². The lowest BCUT2D eigenvalue weighted by Gasteiger charge is -2.28. The van der Waals surface area contributed by atoms with Gasteiger partial charge in [0.15, 0.2) is 11.6 Å². The molecule has 6 aromatic rings. The molecule has 6 aromatic heterocycles. The van der Waals surface area contributed by atoms with E-state index in [9.17, 15) is 26.4 Å². The minimum atomic E-state index is -4.33. The van der Waals surface area contributed by atoms with E-state index in [1.165, 1.54) is 69.2 Å². The summed E-state index contributed by atoms with van der Waals surface area (Å²) in [5.41, 5.74) is -1.85. The molecule has 1 unspecified atom stereocenters. The van der Waals surface area contributed by atoms with Gasteiger partial charge < -0.3 is 14.8 Å². The van der Waals surface area contributed by atoms with E-state index in [0.29, 0.717) is 30.8 Å². The number of nitrogens with zero attached hydrogens (tertiary/aromatic N) is 10. The second-order valence-electron chi connectivity index (χ2n) is 22.3. The van der Waals surface area contributed by atoms with Crippen molar-refractivity contribution in [3.63, 3.8) is 0 Å². The van der Waals surface area contributed by atoms with Gasteiger partial charge >= 0.3 is 0 Å². The molecule has 3 N–H and O–H groups in total. The molecular weight excluding hydrogens is 1150 g/mol. The average molecular weight is 1240 g/mol. The Bertz CT molecular complexity index is 3750. The number of hydrogen-bond donors (Lipinski definition) is 3. The maximum atomic E-state index is 13.6. The molecule has 2 fully saturated rings. The van der Waals surface area contributed by atoms with Crippen LogP contribution < -0.4 is 24.2 Å². The lowest BCUT2D eigenvalue weighted by Crippen LogP contribution is -2.33. The summed E-state index contributed by atoms with van der Waals surface area (Å²) < 4.78 is 151. The Labute approximate surface area is 511 Å². The fraction of sp³-hybridized carbons (Fsp3) is 0.547. The molecule has 1 saturated carbocycles. The summed E-state index contributed by atoms with van der Waals surface area (Å²) in [6.07, 6.45) is 1.87. The number of aryl methyl sites for hydroxylation is 4. The third kappa shape index (κ3) is 18.4. The van der Waals surface area contributed by atoms with Crippen LogP contribution in [0, 0.1) is 41.9 Å². The van der Waals surface area contributed by atoms with Gasteiger partial charge in [0.1, 0.15) is 14.9 Å². The molecule has 3 atom stereocenters. The number of rotatable bonds is 13. The van der Waals surface area contributed by atoms with E-state index in [0.717, 1.165) is 0 Å².